The van der Waals surface area contributed by atoms with Crippen LogP contribution in [0.3, 0.4) is 0 Å². The lowest BCUT2D eigenvalue weighted by molar-refractivity contribution is -0.126. The van der Waals surface area contributed by atoms with Gasteiger partial charge in [0.15, 0.2) is 0 Å². The van der Waals surface area contributed by atoms with E-state index in [1.54, 1.807) is 19.2 Å². The molecule has 3 heterocycles. The Morgan fingerprint density at radius 1 is 1.20 bits per heavy atom. The van der Waals surface area contributed by atoms with Crippen LogP contribution in [0.1, 0.15) is 5.56 Å². The Kier molecular flexibility index (Phi) is 6.27. The van der Waals surface area contributed by atoms with Crippen LogP contribution in [-0.2, 0) is 4.79 Å². The number of nitrogens with zero attached hydrogens (tertiary/aromatic N) is 5. The second-order valence-corrected chi connectivity index (χ2v) is 8.92. The van der Waals surface area contributed by atoms with Crippen LogP contribution in [0, 0.1) is 6.92 Å². The van der Waals surface area contributed by atoms with Gasteiger partial charge in [0.1, 0.15) is 5.82 Å². The van der Waals surface area contributed by atoms with E-state index in [0.717, 1.165) is 44.3 Å². The van der Waals surface area contributed by atoms with Gasteiger partial charge >= 0.3 is 0 Å². The first kappa shape index (κ1) is 23.1. The maximum absolute atomic E-state index is 12.3. The Morgan fingerprint density at radius 2 is 2.00 bits per heavy atom. The van der Waals surface area contributed by atoms with Crippen molar-refractivity contribution >= 4 is 51.1 Å². The van der Waals surface area contributed by atoms with E-state index in [4.69, 9.17) is 27.3 Å². The van der Waals surface area contributed by atoms with Crippen molar-refractivity contribution in [1.82, 2.24) is 25.1 Å². The van der Waals surface area contributed by atoms with Crippen LogP contribution in [0.15, 0.2) is 42.6 Å². The van der Waals surface area contributed by atoms with Gasteiger partial charge in [0, 0.05) is 67.2 Å². The Bertz CT molecular complexity index is 1440. The molecule has 4 aromatic rings. The molecule has 1 amide bonds. The van der Waals surface area contributed by atoms with E-state index < -0.39 is 0 Å². The lowest BCUT2D eigenvalue weighted by atomic mass is 9.96. The SMILES string of the molecule is CNc1nc(N2CCN(C(=O)/C=C/CN)CC2)c2cc(Cl)c(-c3c(C)ccc4[nH]ncc34)cc2n1. The summed E-state index contributed by atoms with van der Waals surface area (Å²) in [5.41, 5.74) is 10.3. The number of amides is 1. The van der Waals surface area contributed by atoms with E-state index >= 15 is 0 Å². The smallest absolute Gasteiger partial charge is 0.246 e. The van der Waals surface area contributed by atoms with Crippen molar-refractivity contribution < 1.29 is 4.79 Å². The number of anilines is 2. The molecule has 4 N–H and O–H groups in total. The quantitative estimate of drug-likeness (QED) is 0.367. The first-order valence-electron chi connectivity index (χ1n) is 11.5. The molecule has 5 rings (SSSR count). The number of rotatable bonds is 5. The van der Waals surface area contributed by atoms with E-state index in [2.05, 4.69) is 33.4 Å². The lowest BCUT2D eigenvalue weighted by Crippen LogP contribution is -2.48. The molecule has 0 atom stereocenters. The summed E-state index contributed by atoms with van der Waals surface area (Å²) >= 11 is 6.88. The van der Waals surface area contributed by atoms with Crippen molar-refractivity contribution in [3.05, 3.63) is 53.2 Å². The number of halogens is 1. The molecule has 1 aliphatic rings. The molecule has 1 saturated heterocycles. The second-order valence-electron chi connectivity index (χ2n) is 8.51. The maximum atomic E-state index is 12.3. The molecule has 35 heavy (non-hydrogen) atoms. The zero-order chi connectivity index (χ0) is 24.5. The number of aryl methyl sites for hydroxylation is 1. The van der Waals surface area contributed by atoms with E-state index in [1.807, 2.05) is 29.3 Å². The van der Waals surface area contributed by atoms with Gasteiger partial charge in [0.2, 0.25) is 11.9 Å². The van der Waals surface area contributed by atoms with Crippen molar-refractivity contribution in [2.45, 2.75) is 6.92 Å². The number of aromatic nitrogens is 4. The Labute approximate surface area is 208 Å². The summed E-state index contributed by atoms with van der Waals surface area (Å²) in [5.74, 6) is 1.31. The number of nitrogens with one attached hydrogen (secondary N) is 2. The summed E-state index contributed by atoms with van der Waals surface area (Å²) in [6, 6.07) is 8.05. The van der Waals surface area contributed by atoms with Gasteiger partial charge < -0.3 is 20.9 Å². The first-order chi connectivity index (χ1) is 17.0. The highest BCUT2D eigenvalue weighted by molar-refractivity contribution is 6.35. The van der Waals surface area contributed by atoms with Gasteiger partial charge in [0.05, 0.1) is 17.2 Å². The van der Waals surface area contributed by atoms with Gasteiger partial charge in [-0.25, -0.2) is 4.98 Å². The molecule has 0 saturated carbocycles. The number of benzene rings is 2. The van der Waals surface area contributed by atoms with Gasteiger partial charge in [-0.1, -0.05) is 23.7 Å². The van der Waals surface area contributed by atoms with Crippen molar-refractivity contribution in [2.75, 3.05) is 50.0 Å². The average molecular weight is 491 g/mol. The van der Waals surface area contributed by atoms with E-state index in [9.17, 15) is 4.79 Å². The molecule has 2 aromatic carbocycles. The van der Waals surface area contributed by atoms with Crippen molar-refractivity contribution in [3.63, 3.8) is 0 Å². The van der Waals surface area contributed by atoms with Gasteiger partial charge in [-0.2, -0.15) is 10.1 Å². The number of aromatic amines is 1. The fraction of sp³-hybridized carbons (Fsp3) is 0.280. The summed E-state index contributed by atoms with van der Waals surface area (Å²) < 4.78 is 0. The lowest BCUT2D eigenvalue weighted by Gasteiger charge is -2.35. The number of H-pyrrole nitrogens is 1. The molecular formula is C25H27ClN8O. The van der Waals surface area contributed by atoms with E-state index in [-0.39, 0.29) is 5.91 Å². The van der Waals surface area contributed by atoms with Gasteiger partial charge in [0.25, 0.3) is 0 Å². The third-order valence-electron chi connectivity index (χ3n) is 6.38. The summed E-state index contributed by atoms with van der Waals surface area (Å²) in [6.45, 7) is 4.93. The first-order valence-corrected chi connectivity index (χ1v) is 11.9. The number of nitrogens with two attached hydrogens (primary N) is 1. The maximum Gasteiger partial charge on any atom is 0.246 e. The molecule has 180 valence electrons. The van der Waals surface area contributed by atoms with E-state index in [0.29, 0.717) is 43.7 Å². The van der Waals surface area contributed by atoms with Crippen molar-refractivity contribution in [3.8, 4) is 11.1 Å². The van der Waals surface area contributed by atoms with E-state index in [1.165, 1.54) is 0 Å². The Morgan fingerprint density at radius 3 is 2.74 bits per heavy atom. The standard InChI is InChI=1S/C25H27ClN8O/c1-15-5-6-20-18(14-29-32-20)23(15)16-13-21-17(12-19(16)26)24(31-25(28-2)30-21)34-10-8-33(9-11-34)22(35)4-3-7-27/h3-6,12-14H,7-11,27H2,1-2H3,(H,29,32)(H,28,30,31)/b4-3+. The normalized spacial score (nSPS) is 14.4. The molecule has 0 radical (unpaired) electrons. The summed E-state index contributed by atoms with van der Waals surface area (Å²) in [7, 11) is 1.80. The highest BCUT2D eigenvalue weighted by atomic mass is 35.5. The third-order valence-corrected chi connectivity index (χ3v) is 6.69. The zero-order valence-corrected chi connectivity index (χ0v) is 20.4. The largest absolute Gasteiger partial charge is 0.357 e. The minimum absolute atomic E-state index is 0.0185. The van der Waals surface area contributed by atoms with Crippen LogP contribution >= 0.6 is 11.6 Å². The molecule has 10 heteroatoms. The van der Waals surface area contributed by atoms with Gasteiger partial charge in [-0.15, -0.1) is 0 Å². The zero-order valence-electron chi connectivity index (χ0n) is 19.7. The third kappa shape index (κ3) is 4.28. The van der Waals surface area contributed by atoms with Crippen LogP contribution in [0.4, 0.5) is 11.8 Å². The van der Waals surface area contributed by atoms with Gasteiger partial charge in [-0.05, 0) is 36.2 Å². The molecule has 0 spiro atoms. The van der Waals surface area contributed by atoms with Crippen molar-refractivity contribution in [2.24, 2.45) is 5.73 Å². The number of hydrogen-bond donors (Lipinski definition) is 3. The van der Waals surface area contributed by atoms with Crippen LogP contribution in [0.25, 0.3) is 32.9 Å². The number of carbonyl (C=O) groups excluding carboxylic acids is 1. The predicted octanol–water partition coefficient (Wildman–Crippen LogP) is 3.34. The fourth-order valence-electron chi connectivity index (χ4n) is 4.57. The number of carbonyl (C=O) groups is 1. The monoisotopic (exact) mass is 490 g/mol. The number of fused-ring (bicyclic) bond motifs is 2. The minimum atomic E-state index is -0.0185. The molecule has 2 aromatic heterocycles. The summed E-state index contributed by atoms with van der Waals surface area (Å²) in [6.07, 6.45) is 5.04. The Balaban J connectivity index is 1.55. The second kappa shape index (κ2) is 9.52. The highest BCUT2D eigenvalue weighted by Crippen LogP contribution is 2.39. The molecule has 1 fully saturated rings. The van der Waals surface area contributed by atoms with Crippen molar-refractivity contribution in [1.29, 1.82) is 0 Å². The summed E-state index contributed by atoms with van der Waals surface area (Å²) in [4.78, 5) is 25.8. The number of piperazine rings is 1. The predicted molar refractivity (Wildman–Crippen MR) is 141 cm³/mol. The van der Waals surface area contributed by atoms with Crippen LogP contribution < -0.4 is 16.0 Å². The molecule has 0 aliphatic carbocycles. The highest BCUT2D eigenvalue weighted by Gasteiger charge is 2.24. The Hall–Kier alpha value is -3.69. The molecular weight excluding hydrogens is 464 g/mol. The minimum Gasteiger partial charge on any atom is -0.357 e. The van der Waals surface area contributed by atoms with Crippen LogP contribution in [0.5, 0.6) is 0 Å². The fourth-order valence-corrected chi connectivity index (χ4v) is 4.83. The summed E-state index contributed by atoms with van der Waals surface area (Å²) in [5, 5.41) is 12.8. The van der Waals surface area contributed by atoms with Crippen LogP contribution in [-0.4, -0.2) is 70.7 Å². The molecule has 1 aliphatic heterocycles. The molecule has 9 nitrogen and oxygen atoms in total. The topological polar surface area (TPSA) is 116 Å². The average Bonchev–Trinajstić information content (AvgIpc) is 3.35. The van der Waals surface area contributed by atoms with Gasteiger partial charge in [-0.3, -0.25) is 9.89 Å². The van der Waals surface area contributed by atoms with Crippen LogP contribution in [0.2, 0.25) is 5.02 Å². The number of hydrogen-bond acceptors (Lipinski definition) is 7. The molecule has 0 bridgehead atoms. The molecule has 0 unspecified atom stereocenters.